The second-order valence-corrected chi connectivity index (χ2v) is 5.85. The van der Waals surface area contributed by atoms with E-state index in [0.29, 0.717) is 17.9 Å². The molecular formula is C16H18BrNO4. The van der Waals surface area contributed by atoms with Gasteiger partial charge in [-0.3, -0.25) is 4.79 Å². The molecule has 0 saturated heterocycles. The van der Waals surface area contributed by atoms with Crippen molar-refractivity contribution in [2.45, 2.75) is 19.3 Å². The molecule has 2 rings (SSSR count). The first-order valence-electron chi connectivity index (χ1n) is 6.95. The van der Waals surface area contributed by atoms with E-state index in [4.69, 9.17) is 9.47 Å². The van der Waals surface area contributed by atoms with Crippen LogP contribution in [0.3, 0.4) is 0 Å². The summed E-state index contributed by atoms with van der Waals surface area (Å²) in [6.45, 7) is 2.24. The maximum absolute atomic E-state index is 12.4. The summed E-state index contributed by atoms with van der Waals surface area (Å²) in [5, 5.41) is 2.71. The van der Waals surface area contributed by atoms with E-state index in [1.54, 1.807) is 14.0 Å². The van der Waals surface area contributed by atoms with Crippen LogP contribution in [-0.2, 0) is 19.1 Å². The molecule has 1 heterocycles. The molecule has 0 spiro atoms. The van der Waals surface area contributed by atoms with E-state index in [1.165, 1.54) is 0 Å². The highest BCUT2D eigenvalue weighted by Crippen LogP contribution is 2.36. The van der Waals surface area contributed by atoms with E-state index in [9.17, 15) is 9.59 Å². The van der Waals surface area contributed by atoms with Crippen molar-refractivity contribution in [1.29, 1.82) is 0 Å². The van der Waals surface area contributed by atoms with Crippen molar-refractivity contribution in [2.24, 2.45) is 0 Å². The van der Waals surface area contributed by atoms with Gasteiger partial charge in [-0.05, 0) is 18.6 Å². The predicted molar refractivity (Wildman–Crippen MR) is 85.2 cm³/mol. The molecule has 0 unspecified atom stereocenters. The first-order chi connectivity index (χ1) is 10.5. The van der Waals surface area contributed by atoms with Gasteiger partial charge in [0.25, 0.3) is 0 Å². The topological polar surface area (TPSA) is 64.6 Å². The zero-order valence-electron chi connectivity index (χ0n) is 12.5. The Balaban J connectivity index is 2.33. The lowest BCUT2D eigenvalue weighted by atomic mass is 9.84. The van der Waals surface area contributed by atoms with Crippen molar-refractivity contribution in [3.8, 4) is 0 Å². The van der Waals surface area contributed by atoms with E-state index >= 15 is 0 Å². The predicted octanol–water partition coefficient (Wildman–Crippen LogP) is 2.52. The number of allylic oxidation sites excluding steroid dienone is 1. The molecule has 0 saturated carbocycles. The van der Waals surface area contributed by atoms with Gasteiger partial charge in [-0.15, -0.1) is 0 Å². The number of nitrogens with one attached hydrogen (secondary N) is 1. The van der Waals surface area contributed by atoms with E-state index in [1.807, 2.05) is 24.3 Å². The average molecular weight is 368 g/mol. The molecule has 1 N–H and O–H groups in total. The fourth-order valence-electron chi connectivity index (χ4n) is 2.49. The van der Waals surface area contributed by atoms with E-state index in [2.05, 4.69) is 21.2 Å². The Morgan fingerprint density at radius 1 is 1.36 bits per heavy atom. The van der Waals surface area contributed by atoms with Crippen LogP contribution in [0.2, 0.25) is 0 Å². The van der Waals surface area contributed by atoms with E-state index < -0.39 is 5.97 Å². The van der Waals surface area contributed by atoms with Gasteiger partial charge in [0.15, 0.2) is 0 Å². The lowest BCUT2D eigenvalue weighted by Crippen LogP contribution is -2.34. The Bertz CT molecular complexity index is 612. The maximum Gasteiger partial charge on any atom is 0.336 e. The summed E-state index contributed by atoms with van der Waals surface area (Å²) >= 11 is 3.49. The lowest BCUT2D eigenvalue weighted by molar-refractivity contribution is -0.140. The molecule has 1 amide bonds. The smallest absolute Gasteiger partial charge is 0.336 e. The number of esters is 1. The highest BCUT2D eigenvalue weighted by atomic mass is 79.9. The SMILES string of the molecule is COCCOC(=O)C1=C(C)NC(=O)C[C@@H]1c1ccccc1Br. The Labute approximate surface area is 137 Å². The van der Waals surface area contributed by atoms with Gasteiger partial charge in [-0.25, -0.2) is 4.79 Å². The molecule has 1 aromatic rings. The van der Waals surface area contributed by atoms with E-state index in [-0.39, 0.29) is 24.9 Å². The lowest BCUT2D eigenvalue weighted by Gasteiger charge is -2.27. The quantitative estimate of drug-likeness (QED) is 0.641. The summed E-state index contributed by atoms with van der Waals surface area (Å²) in [7, 11) is 1.54. The third kappa shape index (κ3) is 3.75. The Kier molecular flexibility index (Phi) is 5.74. The van der Waals surface area contributed by atoms with Gasteiger partial charge in [0.05, 0.1) is 12.2 Å². The van der Waals surface area contributed by atoms with Crippen LogP contribution >= 0.6 is 15.9 Å². The molecular weight excluding hydrogens is 350 g/mol. The molecule has 1 aliphatic rings. The summed E-state index contributed by atoms with van der Waals surface area (Å²) in [5.41, 5.74) is 1.93. The second-order valence-electron chi connectivity index (χ2n) is 4.99. The van der Waals surface area contributed by atoms with Crippen LogP contribution in [0.5, 0.6) is 0 Å². The van der Waals surface area contributed by atoms with Crippen LogP contribution in [0.15, 0.2) is 40.0 Å². The molecule has 6 heteroatoms. The zero-order chi connectivity index (χ0) is 16.1. The summed E-state index contributed by atoms with van der Waals surface area (Å²) in [4.78, 5) is 24.2. The standard InChI is InChI=1S/C16H18BrNO4/c1-10-15(16(20)22-8-7-21-2)12(9-14(19)18-10)11-5-3-4-6-13(11)17/h3-6,12H,7-9H2,1-2H3,(H,18,19)/t12-/m1/s1. The first-order valence-corrected chi connectivity index (χ1v) is 7.75. The molecule has 0 radical (unpaired) electrons. The highest BCUT2D eigenvalue weighted by molar-refractivity contribution is 9.10. The minimum Gasteiger partial charge on any atom is -0.460 e. The molecule has 22 heavy (non-hydrogen) atoms. The second kappa shape index (κ2) is 7.56. The van der Waals surface area contributed by atoms with Crippen LogP contribution < -0.4 is 5.32 Å². The molecule has 1 aliphatic heterocycles. The number of ether oxygens (including phenoxy) is 2. The van der Waals surface area contributed by atoms with Gasteiger partial charge in [0.1, 0.15) is 6.61 Å². The number of carbonyl (C=O) groups is 2. The molecule has 1 atom stereocenters. The van der Waals surface area contributed by atoms with Crippen LogP contribution in [0.25, 0.3) is 0 Å². The van der Waals surface area contributed by atoms with Crippen molar-refractivity contribution in [2.75, 3.05) is 20.3 Å². The van der Waals surface area contributed by atoms with Crippen molar-refractivity contribution < 1.29 is 19.1 Å². The number of carbonyl (C=O) groups excluding carboxylic acids is 2. The van der Waals surface area contributed by atoms with Crippen LogP contribution in [0.4, 0.5) is 0 Å². The Morgan fingerprint density at radius 3 is 2.77 bits per heavy atom. The number of halogens is 1. The third-order valence-electron chi connectivity index (χ3n) is 3.49. The summed E-state index contributed by atoms with van der Waals surface area (Å²) < 4.78 is 11.0. The number of rotatable bonds is 5. The van der Waals surface area contributed by atoms with Crippen molar-refractivity contribution in [1.82, 2.24) is 5.32 Å². The number of methoxy groups -OCH3 is 1. The summed E-state index contributed by atoms with van der Waals surface area (Å²) in [5.74, 6) is -0.846. The third-order valence-corrected chi connectivity index (χ3v) is 4.21. The minimum atomic E-state index is -0.421. The van der Waals surface area contributed by atoms with Crippen LogP contribution in [0, 0.1) is 0 Å². The van der Waals surface area contributed by atoms with Crippen molar-refractivity contribution in [3.63, 3.8) is 0 Å². The highest BCUT2D eigenvalue weighted by Gasteiger charge is 2.33. The van der Waals surface area contributed by atoms with Gasteiger partial charge in [-0.1, -0.05) is 34.1 Å². The molecule has 0 aromatic heterocycles. The van der Waals surface area contributed by atoms with Crippen molar-refractivity contribution in [3.05, 3.63) is 45.6 Å². The van der Waals surface area contributed by atoms with Crippen LogP contribution in [-0.4, -0.2) is 32.2 Å². The zero-order valence-corrected chi connectivity index (χ0v) is 14.1. The summed E-state index contributed by atoms with van der Waals surface area (Å²) in [6, 6.07) is 7.58. The van der Waals surface area contributed by atoms with Gasteiger partial charge >= 0.3 is 5.97 Å². The van der Waals surface area contributed by atoms with Gasteiger partial charge in [0.2, 0.25) is 5.91 Å². The number of benzene rings is 1. The average Bonchev–Trinajstić information content (AvgIpc) is 2.47. The molecule has 1 aromatic carbocycles. The maximum atomic E-state index is 12.4. The van der Waals surface area contributed by atoms with Crippen molar-refractivity contribution >= 4 is 27.8 Å². The monoisotopic (exact) mass is 367 g/mol. The number of hydrogen-bond donors (Lipinski definition) is 1. The number of amides is 1. The summed E-state index contributed by atoms with van der Waals surface area (Å²) in [6.07, 6.45) is 0.217. The Hall–Kier alpha value is -1.66. The normalized spacial score (nSPS) is 18.1. The number of hydrogen-bond acceptors (Lipinski definition) is 4. The molecule has 0 fully saturated rings. The van der Waals surface area contributed by atoms with Crippen LogP contribution in [0.1, 0.15) is 24.8 Å². The molecule has 0 aliphatic carbocycles. The fraction of sp³-hybridized carbons (Fsp3) is 0.375. The van der Waals surface area contributed by atoms with Gasteiger partial charge < -0.3 is 14.8 Å². The van der Waals surface area contributed by atoms with E-state index in [0.717, 1.165) is 10.0 Å². The first kappa shape index (κ1) is 16.7. The molecule has 0 bridgehead atoms. The Morgan fingerprint density at radius 2 is 2.09 bits per heavy atom. The molecule has 118 valence electrons. The largest absolute Gasteiger partial charge is 0.460 e. The van der Waals surface area contributed by atoms with Gasteiger partial charge in [-0.2, -0.15) is 0 Å². The molecule has 5 nitrogen and oxygen atoms in total. The fourth-order valence-corrected chi connectivity index (χ4v) is 3.05. The minimum absolute atomic E-state index is 0.105. The van der Waals surface area contributed by atoms with Gasteiger partial charge in [0, 0.05) is 29.6 Å².